The third kappa shape index (κ3) is 2.78. The van der Waals surface area contributed by atoms with Crippen LogP contribution >= 0.6 is 11.8 Å². The van der Waals surface area contributed by atoms with E-state index in [9.17, 15) is 9.59 Å². The minimum absolute atomic E-state index is 0.155. The molecule has 1 aliphatic heterocycles. The van der Waals surface area contributed by atoms with Crippen LogP contribution in [0.4, 0.5) is 4.79 Å². The van der Waals surface area contributed by atoms with Crippen molar-refractivity contribution in [3.05, 3.63) is 40.8 Å². The van der Waals surface area contributed by atoms with Gasteiger partial charge in [0, 0.05) is 13.1 Å². The van der Waals surface area contributed by atoms with Crippen molar-refractivity contribution in [1.29, 1.82) is 0 Å². The van der Waals surface area contributed by atoms with Gasteiger partial charge in [0.15, 0.2) is 0 Å². The average Bonchev–Trinajstić information content (AvgIpc) is 2.96. The highest BCUT2D eigenvalue weighted by molar-refractivity contribution is 7.99. The lowest BCUT2D eigenvalue weighted by atomic mass is 10.1. The molecule has 0 bridgehead atoms. The lowest BCUT2D eigenvalue weighted by Gasteiger charge is -2.30. The summed E-state index contributed by atoms with van der Waals surface area (Å²) in [4.78, 5) is 26.4. The summed E-state index contributed by atoms with van der Waals surface area (Å²) in [5.74, 6) is 2.07. The Labute approximate surface area is 131 Å². The maximum atomic E-state index is 12.5. The van der Waals surface area contributed by atoms with Gasteiger partial charge in [0.05, 0.1) is 5.69 Å². The molecular weight excluding hydrogens is 302 g/mol. The number of carbonyl (C=O) groups excluding carboxylic acids is 1. The fourth-order valence-electron chi connectivity index (χ4n) is 2.48. The van der Waals surface area contributed by atoms with Gasteiger partial charge >= 0.3 is 11.7 Å². The first-order valence-corrected chi connectivity index (χ1v) is 8.29. The minimum atomic E-state index is -0.548. The average molecular weight is 319 g/mol. The second-order valence-electron chi connectivity index (χ2n) is 5.16. The monoisotopic (exact) mass is 319 g/mol. The molecule has 0 aliphatic carbocycles. The standard InChI is InChI=1S/C14H17N5O2S/c1-17(11-7-9-22-10-8-11)13(20)19-14(21)18(15-16-19)12-5-3-2-4-6-12/h2-6,11H,7-10H2,1H3. The number of rotatable bonds is 2. The topological polar surface area (TPSA) is 73.0 Å². The van der Waals surface area contributed by atoms with E-state index in [4.69, 9.17) is 0 Å². The van der Waals surface area contributed by atoms with Crippen LogP contribution < -0.4 is 5.69 Å². The molecule has 0 N–H and O–H groups in total. The number of carbonyl (C=O) groups is 1. The minimum Gasteiger partial charge on any atom is -0.323 e. The van der Waals surface area contributed by atoms with Gasteiger partial charge in [-0.15, -0.1) is 4.68 Å². The Hall–Kier alpha value is -2.09. The maximum Gasteiger partial charge on any atom is 0.377 e. The van der Waals surface area contributed by atoms with Crippen molar-refractivity contribution in [2.24, 2.45) is 0 Å². The second kappa shape index (κ2) is 6.35. The Bertz CT molecular complexity index is 706. The molecule has 116 valence electrons. The van der Waals surface area contributed by atoms with Crippen LogP contribution in [0.1, 0.15) is 12.8 Å². The van der Waals surface area contributed by atoms with E-state index in [2.05, 4.69) is 10.4 Å². The van der Waals surface area contributed by atoms with Crippen molar-refractivity contribution in [2.45, 2.75) is 18.9 Å². The number of thioether (sulfide) groups is 1. The largest absolute Gasteiger partial charge is 0.377 e. The van der Waals surface area contributed by atoms with Crippen LogP contribution in [0.5, 0.6) is 0 Å². The lowest BCUT2D eigenvalue weighted by molar-refractivity contribution is 0.183. The van der Waals surface area contributed by atoms with Crippen LogP contribution in [0, 0.1) is 0 Å². The normalized spacial score (nSPS) is 15.7. The van der Waals surface area contributed by atoms with Crippen molar-refractivity contribution in [1.82, 2.24) is 24.7 Å². The zero-order chi connectivity index (χ0) is 15.5. The van der Waals surface area contributed by atoms with Crippen molar-refractivity contribution in [2.75, 3.05) is 18.6 Å². The van der Waals surface area contributed by atoms with E-state index >= 15 is 0 Å². The van der Waals surface area contributed by atoms with E-state index in [-0.39, 0.29) is 6.04 Å². The van der Waals surface area contributed by atoms with E-state index in [1.54, 1.807) is 36.2 Å². The number of hydrogen-bond acceptors (Lipinski definition) is 5. The highest BCUT2D eigenvalue weighted by Gasteiger charge is 2.26. The molecule has 7 nitrogen and oxygen atoms in total. The van der Waals surface area contributed by atoms with E-state index in [0.29, 0.717) is 5.69 Å². The molecule has 1 fully saturated rings. The molecule has 1 saturated heterocycles. The molecule has 0 unspecified atom stereocenters. The van der Waals surface area contributed by atoms with Gasteiger partial charge in [-0.25, -0.2) is 9.59 Å². The van der Waals surface area contributed by atoms with E-state index in [1.807, 2.05) is 17.8 Å². The first-order valence-electron chi connectivity index (χ1n) is 7.14. The van der Waals surface area contributed by atoms with Crippen LogP contribution in [0.25, 0.3) is 5.69 Å². The molecule has 0 saturated carbocycles. The summed E-state index contributed by atoms with van der Waals surface area (Å²) in [5.41, 5.74) is 0.0384. The highest BCUT2D eigenvalue weighted by atomic mass is 32.2. The van der Waals surface area contributed by atoms with E-state index in [0.717, 1.165) is 33.7 Å². The quantitative estimate of drug-likeness (QED) is 0.778. The van der Waals surface area contributed by atoms with Gasteiger partial charge in [0.2, 0.25) is 0 Å². The van der Waals surface area contributed by atoms with E-state index < -0.39 is 11.7 Å². The Kier molecular flexibility index (Phi) is 4.28. The maximum absolute atomic E-state index is 12.5. The fraction of sp³-hybridized carbons (Fsp3) is 0.429. The molecule has 1 aromatic heterocycles. The summed E-state index contributed by atoms with van der Waals surface area (Å²) >= 11 is 1.89. The van der Waals surface area contributed by atoms with Gasteiger partial charge in [-0.1, -0.05) is 18.2 Å². The Morgan fingerprint density at radius 2 is 1.91 bits per heavy atom. The molecule has 1 aromatic carbocycles. The molecule has 8 heteroatoms. The molecule has 22 heavy (non-hydrogen) atoms. The molecule has 3 rings (SSSR count). The third-order valence-corrected chi connectivity index (χ3v) is 4.85. The number of benzene rings is 1. The molecular formula is C14H17N5O2S. The van der Waals surface area contributed by atoms with Gasteiger partial charge < -0.3 is 4.90 Å². The van der Waals surface area contributed by atoms with Gasteiger partial charge in [-0.3, -0.25) is 0 Å². The van der Waals surface area contributed by atoms with Crippen molar-refractivity contribution >= 4 is 17.8 Å². The van der Waals surface area contributed by atoms with Crippen LogP contribution in [0.3, 0.4) is 0 Å². The van der Waals surface area contributed by atoms with Crippen LogP contribution in [0.15, 0.2) is 35.1 Å². The number of hydrogen-bond donors (Lipinski definition) is 0. The zero-order valence-electron chi connectivity index (χ0n) is 12.3. The molecule has 2 aromatic rings. The number of amides is 1. The first-order chi connectivity index (χ1) is 10.7. The van der Waals surface area contributed by atoms with Crippen LogP contribution in [0.2, 0.25) is 0 Å². The summed E-state index contributed by atoms with van der Waals surface area (Å²) in [7, 11) is 1.72. The Morgan fingerprint density at radius 3 is 2.59 bits per heavy atom. The molecule has 1 aliphatic rings. The van der Waals surface area contributed by atoms with Crippen LogP contribution in [-0.2, 0) is 0 Å². The third-order valence-electron chi connectivity index (χ3n) is 3.80. The number of tetrazole rings is 1. The molecule has 0 radical (unpaired) electrons. The number of para-hydroxylation sites is 1. The number of aromatic nitrogens is 4. The highest BCUT2D eigenvalue weighted by Crippen LogP contribution is 2.21. The van der Waals surface area contributed by atoms with Gasteiger partial charge in [-0.2, -0.15) is 16.4 Å². The van der Waals surface area contributed by atoms with Gasteiger partial charge in [0.25, 0.3) is 0 Å². The van der Waals surface area contributed by atoms with Gasteiger partial charge in [0.1, 0.15) is 0 Å². The summed E-state index contributed by atoms with van der Waals surface area (Å²) in [6, 6.07) is 8.66. The smallest absolute Gasteiger partial charge is 0.323 e. The fourth-order valence-corrected chi connectivity index (χ4v) is 3.56. The first kappa shape index (κ1) is 14.8. The second-order valence-corrected chi connectivity index (χ2v) is 6.38. The summed E-state index contributed by atoms with van der Waals surface area (Å²) < 4.78 is 1.96. The molecule has 0 atom stereocenters. The van der Waals surface area contributed by atoms with Crippen molar-refractivity contribution < 1.29 is 4.79 Å². The zero-order valence-corrected chi connectivity index (χ0v) is 13.1. The summed E-state index contributed by atoms with van der Waals surface area (Å²) in [6.07, 6.45) is 1.88. The van der Waals surface area contributed by atoms with Crippen molar-refractivity contribution in [3.63, 3.8) is 0 Å². The summed E-state index contributed by atoms with van der Waals surface area (Å²) in [6.45, 7) is 0. The lowest BCUT2D eigenvalue weighted by Crippen LogP contribution is -2.45. The molecule has 0 spiro atoms. The van der Waals surface area contributed by atoms with E-state index in [1.165, 1.54) is 0 Å². The molecule has 1 amide bonds. The Balaban J connectivity index is 1.85. The predicted octanol–water partition coefficient (Wildman–Crippen LogP) is 1.22. The SMILES string of the molecule is CN(C(=O)n1nnn(-c2ccccc2)c1=O)C1CCSCC1. The molecule has 2 heterocycles. The Morgan fingerprint density at radius 1 is 1.23 bits per heavy atom. The number of nitrogens with zero attached hydrogens (tertiary/aromatic N) is 5. The van der Waals surface area contributed by atoms with Crippen LogP contribution in [-0.4, -0.2) is 55.3 Å². The van der Waals surface area contributed by atoms with Gasteiger partial charge in [-0.05, 0) is 46.9 Å². The summed E-state index contributed by atoms with van der Waals surface area (Å²) in [5, 5.41) is 7.53. The van der Waals surface area contributed by atoms with Crippen molar-refractivity contribution in [3.8, 4) is 5.69 Å². The predicted molar refractivity (Wildman–Crippen MR) is 84.5 cm³/mol.